The number of nitrogens with zero attached hydrogens (tertiary/aromatic N) is 3. The molecule has 1 aromatic heterocycles. The van der Waals surface area contributed by atoms with Crippen LogP contribution < -0.4 is 0 Å². The monoisotopic (exact) mass is 261 g/mol. The Morgan fingerprint density at radius 3 is 2.61 bits per heavy atom. The Balaban J connectivity index is 2.34. The van der Waals surface area contributed by atoms with Crippen LogP contribution in [0.4, 0.5) is 5.69 Å². The summed E-state index contributed by atoms with van der Waals surface area (Å²) in [6.45, 7) is 0. The lowest BCUT2D eigenvalue weighted by Crippen LogP contribution is -1.93. The van der Waals surface area contributed by atoms with Gasteiger partial charge in [-0.2, -0.15) is 0 Å². The van der Waals surface area contributed by atoms with E-state index in [4.69, 9.17) is 0 Å². The zero-order chi connectivity index (χ0) is 13.0. The summed E-state index contributed by atoms with van der Waals surface area (Å²) < 4.78 is 0. The number of non-ortho nitro benzene ring substituents is 1. The number of aromatic nitrogens is 2. The fourth-order valence-corrected chi connectivity index (χ4v) is 2.06. The first-order valence-corrected chi connectivity index (χ1v) is 5.71. The molecule has 1 aromatic carbocycles. The Bertz CT molecular complexity index is 589. The first-order valence-electron chi connectivity index (χ1n) is 4.89. The normalized spacial score (nSPS) is 10.0. The Hall–Kier alpha value is -2.28. The van der Waals surface area contributed by atoms with Gasteiger partial charge in [-0.05, 0) is 23.9 Å². The number of carbonyl (C=O) groups excluding carboxylic acids is 1. The van der Waals surface area contributed by atoms with Crippen molar-refractivity contribution in [1.82, 2.24) is 9.97 Å². The van der Waals surface area contributed by atoms with Crippen LogP contribution in [0.2, 0.25) is 0 Å². The highest BCUT2D eigenvalue weighted by Crippen LogP contribution is 2.29. The maximum Gasteiger partial charge on any atom is 0.270 e. The minimum Gasteiger partial charge on any atom is -0.298 e. The minimum absolute atomic E-state index is 0.115. The third-order valence-electron chi connectivity index (χ3n) is 2.07. The Morgan fingerprint density at radius 1 is 1.28 bits per heavy atom. The molecular formula is C11H7N3O3S. The maximum atomic E-state index is 10.9. The number of hydrogen-bond acceptors (Lipinski definition) is 6. The quantitative estimate of drug-likeness (QED) is 0.363. The molecule has 90 valence electrons. The number of aldehydes is 1. The molecule has 0 saturated carbocycles. The molecule has 18 heavy (non-hydrogen) atoms. The Morgan fingerprint density at radius 2 is 2.00 bits per heavy atom. The van der Waals surface area contributed by atoms with Crippen LogP contribution in [-0.2, 0) is 0 Å². The van der Waals surface area contributed by atoms with Crippen LogP contribution >= 0.6 is 11.8 Å². The van der Waals surface area contributed by atoms with Crippen molar-refractivity contribution in [2.75, 3.05) is 0 Å². The van der Waals surface area contributed by atoms with Gasteiger partial charge in [0.15, 0.2) is 11.4 Å². The van der Waals surface area contributed by atoms with E-state index in [1.807, 2.05) is 0 Å². The second kappa shape index (κ2) is 5.37. The van der Waals surface area contributed by atoms with Crippen LogP contribution in [0, 0.1) is 10.1 Å². The summed E-state index contributed by atoms with van der Waals surface area (Å²) in [7, 11) is 0. The summed E-state index contributed by atoms with van der Waals surface area (Å²) >= 11 is 1.18. The van der Waals surface area contributed by atoms with E-state index in [-0.39, 0.29) is 11.3 Å². The zero-order valence-corrected chi connectivity index (χ0v) is 9.83. The van der Waals surface area contributed by atoms with Gasteiger partial charge < -0.3 is 0 Å². The van der Waals surface area contributed by atoms with Crippen molar-refractivity contribution in [2.24, 2.45) is 0 Å². The molecule has 0 unspecified atom stereocenters. The third kappa shape index (κ3) is 2.69. The zero-order valence-electron chi connectivity index (χ0n) is 9.02. The summed E-state index contributed by atoms with van der Waals surface area (Å²) in [6, 6.07) is 5.78. The van der Waals surface area contributed by atoms with E-state index in [9.17, 15) is 14.9 Å². The highest BCUT2D eigenvalue weighted by Gasteiger charge is 2.12. The molecule has 2 rings (SSSR count). The molecule has 0 radical (unpaired) electrons. The fraction of sp³-hybridized carbons (Fsp3) is 0. The molecule has 0 saturated heterocycles. The second-order valence-corrected chi connectivity index (χ2v) is 4.24. The number of benzene rings is 1. The summed E-state index contributed by atoms with van der Waals surface area (Å²) in [5.41, 5.74) is 0.136. The third-order valence-corrected chi connectivity index (χ3v) is 3.06. The summed E-state index contributed by atoms with van der Waals surface area (Å²) in [5, 5.41) is 11.1. The van der Waals surface area contributed by atoms with E-state index in [1.165, 1.54) is 30.0 Å². The molecule has 1 heterocycles. The molecule has 2 aromatic rings. The summed E-state index contributed by atoms with van der Waals surface area (Å²) in [6.07, 6.45) is 3.75. The number of carbonyl (C=O) groups is 1. The Kier molecular flexibility index (Phi) is 3.63. The second-order valence-electron chi connectivity index (χ2n) is 3.23. The topological polar surface area (TPSA) is 86.0 Å². The van der Waals surface area contributed by atoms with Crippen LogP contribution in [0.5, 0.6) is 0 Å². The smallest absolute Gasteiger partial charge is 0.270 e. The molecular weight excluding hydrogens is 254 g/mol. The SMILES string of the molecule is O=Cc1cc([N+](=O)[O-])ccc1Sc1ncccn1. The first kappa shape index (κ1) is 12.2. The van der Waals surface area contributed by atoms with Gasteiger partial charge in [0.1, 0.15) is 0 Å². The van der Waals surface area contributed by atoms with E-state index in [2.05, 4.69) is 9.97 Å². The van der Waals surface area contributed by atoms with Gasteiger partial charge in [0, 0.05) is 35.0 Å². The van der Waals surface area contributed by atoms with Gasteiger partial charge in [0.05, 0.1) is 4.92 Å². The van der Waals surface area contributed by atoms with Crippen molar-refractivity contribution in [3.8, 4) is 0 Å². The molecule has 0 fully saturated rings. The average Bonchev–Trinajstić information content (AvgIpc) is 2.40. The van der Waals surface area contributed by atoms with Gasteiger partial charge in [0.2, 0.25) is 0 Å². The van der Waals surface area contributed by atoms with Gasteiger partial charge in [-0.25, -0.2) is 9.97 Å². The lowest BCUT2D eigenvalue weighted by atomic mass is 10.2. The van der Waals surface area contributed by atoms with Crippen molar-refractivity contribution in [3.05, 3.63) is 52.3 Å². The number of nitro groups is 1. The predicted molar refractivity (Wildman–Crippen MR) is 64.6 cm³/mol. The van der Waals surface area contributed by atoms with Crippen LogP contribution in [0.3, 0.4) is 0 Å². The van der Waals surface area contributed by atoms with Crippen molar-refractivity contribution in [2.45, 2.75) is 10.1 Å². The molecule has 0 N–H and O–H groups in total. The highest BCUT2D eigenvalue weighted by atomic mass is 32.2. The predicted octanol–water partition coefficient (Wildman–Crippen LogP) is 2.35. The molecule has 0 aliphatic carbocycles. The number of hydrogen-bond donors (Lipinski definition) is 0. The van der Waals surface area contributed by atoms with E-state index in [0.29, 0.717) is 16.3 Å². The van der Waals surface area contributed by atoms with E-state index in [0.717, 1.165) is 0 Å². The fourth-order valence-electron chi connectivity index (χ4n) is 1.27. The highest BCUT2D eigenvalue weighted by molar-refractivity contribution is 7.99. The molecule has 7 heteroatoms. The molecule has 0 spiro atoms. The molecule has 0 aliphatic rings. The van der Waals surface area contributed by atoms with E-state index in [1.54, 1.807) is 18.5 Å². The molecule has 6 nitrogen and oxygen atoms in total. The van der Waals surface area contributed by atoms with Crippen molar-refractivity contribution in [3.63, 3.8) is 0 Å². The lowest BCUT2D eigenvalue weighted by molar-refractivity contribution is -0.384. The minimum atomic E-state index is -0.541. The van der Waals surface area contributed by atoms with Crippen LogP contribution in [0.25, 0.3) is 0 Å². The number of nitro benzene ring substituents is 1. The van der Waals surface area contributed by atoms with Crippen LogP contribution in [0.15, 0.2) is 46.7 Å². The van der Waals surface area contributed by atoms with E-state index < -0.39 is 4.92 Å². The summed E-state index contributed by atoms with van der Waals surface area (Å²) in [5.74, 6) is 0. The first-order chi connectivity index (χ1) is 8.70. The van der Waals surface area contributed by atoms with Crippen molar-refractivity contribution >= 4 is 23.7 Å². The maximum absolute atomic E-state index is 10.9. The molecule has 0 aliphatic heterocycles. The van der Waals surface area contributed by atoms with Gasteiger partial charge in [0.25, 0.3) is 5.69 Å². The molecule has 0 bridgehead atoms. The van der Waals surface area contributed by atoms with Crippen LogP contribution in [0.1, 0.15) is 10.4 Å². The van der Waals surface area contributed by atoms with Gasteiger partial charge >= 0.3 is 0 Å². The standard InChI is InChI=1S/C11H7N3O3S/c15-7-8-6-9(14(16)17)2-3-10(8)18-11-12-4-1-5-13-11/h1-7H. The average molecular weight is 261 g/mol. The Labute approximate surface area is 106 Å². The van der Waals surface area contributed by atoms with Gasteiger partial charge in [-0.15, -0.1) is 0 Å². The molecule has 0 amide bonds. The number of rotatable bonds is 4. The van der Waals surface area contributed by atoms with Crippen molar-refractivity contribution < 1.29 is 9.72 Å². The summed E-state index contributed by atoms with van der Waals surface area (Å²) in [4.78, 5) is 29.6. The van der Waals surface area contributed by atoms with Crippen molar-refractivity contribution in [1.29, 1.82) is 0 Å². The van der Waals surface area contributed by atoms with Crippen LogP contribution in [-0.4, -0.2) is 21.2 Å². The molecule has 0 atom stereocenters. The van der Waals surface area contributed by atoms with E-state index >= 15 is 0 Å². The van der Waals surface area contributed by atoms with Gasteiger partial charge in [-0.3, -0.25) is 14.9 Å². The van der Waals surface area contributed by atoms with Gasteiger partial charge in [-0.1, -0.05) is 0 Å². The lowest BCUT2D eigenvalue weighted by Gasteiger charge is -2.02. The largest absolute Gasteiger partial charge is 0.298 e.